The van der Waals surface area contributed by atoms with Gasteiger partial charge in [-0.3, -0.25) is 0 Å². The lowest BCUT2D eigenvalue weighted by Crippen LogP contribution is -2.11. The number of nitrogen functional groups attached to an aromatic ring is 1. The zero-order chi connectivity index (χ0) is 15.8. The van der Waals surface area contributed by atoms with E-state index in [9.17, 15) is 21.6 Å². The third-order valence-corrected chi connectivity index (χ3v) is 6.50. The number of alkyl halides is 3. The molecule has 3 nitrogen and oxygen atoms in total. The Balaban J connectivity index is 2.39. The summed E-state index contributed by atoms with van der Waals surface area (Å²) in [7, 11) is -3.81. The minimum Gasteiger partial charge on any atom is -0.398 e. The summed E-state index contributed by atoms with van der Waals surface area (Å²) in [5.41, 5.74) is 4.10. The number of thiophene rings is 1. The molecule has 114 valence electrons. The van der Waals surface area contributed by atoms with Crippen LogP contribution >= 0.6 is 27.3 Å². The number of anilines is 1. The third-order valence-electron chi connectivity index (χ3n) is 2.68. The van der Waals surface area contributed by atoms with Gasteiger partial charge in [0.25, 0.3) is 0 Å². The zero-order valence-electron chi connectivity index (χ0n) is 10.3. The third kappa shape index (κ3) is 3.58. The summed E-state index contributed by atoms with van der Waals surface area (Å²) in [6.07, 6.45) is -4.56. The molecule has 0 aliphatic rings. The minimum atomic E-state index is -4.56. The van der Waals surface area contributed by atoms with Crippen molar-refractivity contribution in [3.05, 3.63) is 44.6 Å². The van der Waals surface area contributed by atoms with Gasteiger partial charge in [-0.15, -0.1) is 11.3 Å². The molecule has 0 amide bonds. The molecule has 2 rings (SSSR count). The summed E-state index contributed by atoms with van der Waals surface area (Å²) in [5, 5.41) is 1.71. The van der Waals surface area contributed by atoms with Gasteiger partial charge in [-0.05, 0) is 45.6 Å². The van der Waals surface area contributed by atoms with Crippen LogP contribution in [0.4, 0.5) is 18.9 Å². The van der Waals surface area contributed by atoms with E-state index in [-0.39, 0.29) is 10.6 Å². The van der Waals surface area contributed by atoms with Crippen molar-refractivity contribution >= 4 is 42.8 Å². The van der Waals surface area contributed by atoms with E-state index in [1.807, 2.05) is 0 Å². The fourth-order valence-corrected chi connectivity index (χ4v) is 5.24. The van der Waals surface area contributed by atoms with Gasteiger partial charge in [-0.25, -0.2) is 8.42 Å². The first-order valence-electron chi connectivity index (χ1n) is 5.52. The molecule has 0 aliphatic heterocycles. The molecule has 0 fully saturated rings. The number of rotatable bonds is 3. The average molecular weight is 400 g/mol. The maximum atomic E-state index is 12.5. The molecule has 2 aromatic rings. The number of hydrogen-bond acceptors (Lipinski definition) is 4. The quantitative estimate of drug-likeness (QED) is 0.790. The highest BCUT2D eigenvalue weighted by Crippen LogP contribution is 2.34. The predicted octanol–water partition coefficient (Wildman–Crippen LogP) is 4.09. The molecule has 21 heavy (non-hydrogen) atoms. The van der Waals surface area contributed by atoms with Crippen LogP contribution in [-0.2, 0) is 21.8 Å². The summed E-state index contributed by atoms with van der Waals surface area (Å²) in [4.78, 5) is 0.269. The maximum Gasteiger partial charge on any atom is 0.416 e. The Kier molecular flexibility index (Phi) is 4.36. The number of nitrogens with two attached hydrogens (primary N) is 1. The smallest absolute Gasteiger partial charge is 0.398 e. The monoisotopic (exact) mass is 399 g/mol. The fourth-order valence-electron chi connectivity index (χ4n) is 1.69. The van der Waals surface area contributed by atoms with Gasteiger partial charge < -0.3 is 5.73 Å². The average Bonchev–Trinajstić information content (AvgIpc) is 2.72. The van der Waals surface area contributed by atoms with Crippen LogP contribution in [0.2, 0.25) is 0 Å². The molecular formula is C12H9BrF3NO2S2. The Morgan fingerprint density at radius 1 is 1.24 bits per heavy atom. The van der Waals surface area contributed by atoms with Crippen molar-refractivity contribution in [1.29, 1.82) is 0 Å². The molecule has 1 aromatic carbocycles. The van der Waals surface area contributed by atoms with Crippen LogP contribution in [0.15, 0.2) is 39.0 Å². The predicted molar refractivity (Wildman–Crippen MR) is 78.8 cm³/mol. The second-order valence-electron chi connectivity index (χ2n) is 4.20. The van der Waals surface area contributed by atoms with E-state index < -0.39 is 27.3 Å². The maximum absolute atomic E-state index is 12.5. The van der Waals surface area contributed by atoms with Gasteiger partial charge in [0.15, 0.2) is 9.84 Å². The Labute approximate surface area is 131 Å². The van der Waals surface area contributed by atoms with Gasteiger partial charge in [0, 0.05) is 9.35 Å². The Morgan fingerprint density at radius 3 is 2.38 bits per heavy atom. The first kappa shape index (κ1) is 16.3. The molecule has 0 bridgehead atoms. The highest BCUT2D eigenvalue weighted by molar-refractivity contribution is 9.10. The molecule has 2 N–H and O–H groups in total. The number of hydrogen-bond donors (Lipinski definition) is 1. The molecule has 9 heteroatoms. The van der Waals surface area contributed by atoms with E-state index in [0.29, 0.717) is 21.5 Å². The van der Waals surface area contributed by atoms with Crippen LogP contribution in [0.3, 0.4) is 0 Å². The lowest BCUT2D eigenvalue weighted by Gasteiger charge is -2.11. The van der Waals surface area contributed by atoms with Crippen LogP contribution < -0.4 is 5.73 Å². The molecular weight excluding hydrogens is 391 g/mol. The van der Waals surface area contributed by atoms with Crippen molar-refractivity contribution in [1.82, 2.24) is 0 Å². The topological polar surface area (TPSA) is 60.2 Å². The summed E-state index contributed by atoms with van der Waals surface area (Å²) < 4.78 is 62.8. The molecule has 0 atom stereocenters. The molecule has 1 aromatic heterocycles. The Hall–Kier alpha value is -1.06. The van der Waals surface area contributed by atoms with Crippen LogP contribution in [0.1, 0.15) is 10.4 Å². The van der Waals surface area contributed by atoms with Gasteiger partial charge in [0.1, 0.15) is 0 Å². The number of benzene rings is 1. The van der Waals surface area contributed by atoms with Crippen molar-refractivity contribution in [3.63, 3.8) is 0 Å². The van der Waals surface area contributed by atoms with Gasteiger partial charge in [-0.2, -0.15) is 13.2 Å². The molecule has 1 heterocycles. The molecule has 0 unspecified atom stereocenters. The normalized spacial score (nSPS) is 12.6. The first-order valence-corrected chi connectivity index (χ1v) is 8.85. The van der Waals surface area contributed by atoms with Gasteiger partial charge >= 0.3 is 6.18 Å². The number of sulfone groups is 1. The van der Waals surface area contributed by atoms with E-state index in [1.54, 1.807) is 11.4 Å². The van der Waals surface area contributed by atoms with E-state index in [0.717, 1.165) is 6.07 Å². The van der Waals surface area contributed by atoms with Crippen molar-refractivity contribution in [3.8, 4) is 0 Å². The lowest BCUT2D eigenvalue weighted by molar-refractivity contribution is -0.137. The molecule has 0 spiro atoms. The second-order valence-corrected chi connectivity index (χ2v) is 8.01. The standard InChI is InChI=1S/C12H9BrF3NO2S2/c13-8-3-4-20-10(8)6-21(18,19)11-2-1-7(5-9(11)17)12(14,15)16/h1-5H,6,17H2. The van der Waals surface area contributed by atoms with E-state index >= 15 is 0 Å². The summed E-state index contributed by atoms with van der Waals surface area (Å²) >= 11 is 4.45. The van der Waals surface area contributed by atoms with E-state index in [1.165, 1.54) is 11.3 Å². The number of halogens is 4. The van der Waals surface area contributed by atoms with Crippen LogP contribution in [0, 0.1) is 0 Å². The van der Waals surface area contributed by atoms with Crippen molar-refractivity contribution < 1.29 is 21.6 Å². The van der Waals surface area contributed by atoms with Crippen molar-refractivity contribution in [2.24, 2.45) is 0 Å². The summed E-state index contributed by atoms with van der Waals surface area (Å²) in [5.74, 6) is -0.319. The van der Waals surface area contributed by atoms with Crippen molar-refractivity contribution in [2.75, 3.05) is 5.73 Å². The van der Waals surface area contributed by atoms with Gasteiger partial charge in [-0.1, -0.05) is 0 Å². The minimum absolute atomic E-state index is 0.296. The zero-order valence-corrected chi connectivity index (χ0v) is 13.5. The van der Waals surface area contributed by atoms with E-state index in [4.69, 9.17) is 5.73 Å². The Bertz CT molecular complexity index is 769. The highest BCUT2D eigenvalue weighted by atomic mass is 79.9. The molecule has 0 saturated heterocycles. The Morgan fingerprint density at radius 2 is 1.90 bits per heavy atom. The lowest BCUT2D eigenvalue weighted by atomic mass is 10.2. The SMILES string of the molecule is Nc1cc(C(F)(F)F)ccc1S(=O)(=O)Cc1sccc1Br. The van der Waals surface area contributed by atoms with Gasteiger partial charge in [0.2, 0.25) is 0 Å². The van der Waals surface area contributed by atoms with Crippen LogP contribution in [0.5, 0.6) is 0 Å². The highest BCUT2D eigenvalue weighted by Gasteiger charge is 2.32. The summed E-state index contributed by atoms with van der Waals surface area (Å²) in [6, 6.07) is 3.95. The van der Waals surface area contributed by atoms with Gasteiger partial charge in [0.05, 0.1) is 21.9 Å². The first-order chi connectivity index (χ1) is 9.61. The van der Waals surface area contributed by atoms with E-state index in [2.05, 4.69) is 15.9 Å². The summed E-state index contributed by atoms with van der Waals surface area (Å²) in [6.45, 7) is 0. The van der Waals surface area contributed by atoms with Crippen LogP contribution in [-0.4, -0.2) is 8.42 Å². The second kappa shape index (κ2) is 5.62. The molecule has 0 saturated carbocycles. The fraction of sp³-hybridized carbons (Fsp3) is 0.167. The van der Waals surface area contributed by atoms with Crippen LogP contribution in [0.25, 0.3) is 0 Å². The molecule has 0 aliphatic carbocycles. The molecule has 0 radical (unpaired) electrons. The van der Waals surface area contributed by atoms with Crippen molar-refractivity contribution in [2.45, 2.75) is 16.8 Å². The largest absolute Gasteiger partial charge is 0.416 e.